The molecule has 1 amide bonds. The number of carbonyl (C=O) groups excluding carboxylic acids is 5. The molecule has 12 rings (SSSR count). The smallest absolute Gasteiger partial charge is 0.416 e. The van der Waals surface area contributed by atoms with Gasteiger partial charge in [0.25, 0.3) is 5.91 Å². The molecule has 6 N–H and O–H groups in total. The Kier molecular flexibility index (Phi) is 22.3. The molecule has 0 saturated heterocycles. The van der Waals surface area contributed by atoms with Crippen LogP contribution in [0.15, 0.2) is 91.7 Å². The normalized spacial score (nSPS) is 18.4. The number of methoxy groups -OCH3 is 2. The van der Waals surface area contributed by atoms with Gasteiger partial charge in [0.1, 0.15) is 40.1 Å². The lowest BCUT2D eigenvalue weighted by Gasteiger charge is -2.18. The number of benzene rings is 3. The molecular formula is C68H72F3N7O17S. The Bertz CT molecular complexity index is 4180. The first-order chi connectivity index (χ1) is 45.3. The number of furan rings is 1. The number of imidazole rings is 1. The van der Waals surface area contributed by atoms with Crippen molar-refractivity contribution >= 4 is 76.3 Å². The number of rotatable bonds is 17. The van der Waals surface area contributed by atoms with Crippen LogP contribution in [0.3, 0.4) is 0 Å². The molecule has 24 nitrogen and oxygen atoms in total. The first kappa shape index (κ1) is 71.9. The second-order valence-corrected chi connectivity index (χ2v) is 25.2. The number of nitrogens with zero attached hydrogens (tertiary/aromatic N) is 6. The minimum atomic E-state index is -4.39. The zero-order chi connectivity index (χ0) is 70.4. The third kappa shape index (κ3) is 16.0. The Morgan fingerprint density at radius 2 is 1.43 bits per heavy atom. The zero-order valence-electron chi connectivity index (χ0n) is 54.1. The van der Waals surface area contributed by atoms with Gasteiger partial charge in [-0.25, -0.2) is 15.0 Å². The average Bonchev–Trinajstić information content (AvgIpc) is 1.56. The molecule has 3 aromatic carbocycles. The summed E-state index contributed by atoms with van der Waals surface area (Å²) in [4.78, 5) is 106. The van der Waals surface area contributed by atoms with Crippen LogP contribution in [0, 0.1) is 54.1 Å². The summed E-state index contributed by atoms with van der Waals surface area (Å²) in [5.41, 5.74) is 7.75. The number of aromatic nitrogens is 4. The SMILES string of the molecule is CC1=C(O)C(=O)[C@@H]2C[C@@H]2C1=O.COc1c(C)c2c(c(O)c1C/C=C(\C)CCC(=O)O)C(=O)CC2.COc1c(C)c2c(c(O)c1CC1CC1(C)CCC(=O)O)C(=O)CC2.Cc1occc1C(=O)Nc1ccc(C(F)(F)F)cc1.Cn1cnc([N+](=O)[O-])c1Sc1ncnc2c1CC=N2. The van der Waals surface area contributed by atoms with Gasteiger partial charge in [-0.3, -0.25) is 33.6 Å². The second-order valence-electron chi connectivity index (χ2n) is 24.2. The standard InChI is InChI=1S/C19H24O5.C18H22O5.C13H10F3NO2.C10H8N6O2S.C8H8O3/c1-10-12-4-5-14(20)16(12)17(23)13(18(10)24-3)8-11-9-19(11,2)7-6-15(21)22;1-10(5-9-15(20)21)4-6-13-17(22)16-12(7-8-14(16)19)11(2)18(13)23-3;1-8-11(6-7-19-8)12(18)17-10-4-2-9(3-5-10)13(14,15)16;1-15-5-14-8(16(17)18)10(15)19-9-6-2-3-11-7(6)12-4-13-9;1-3-6(9)4-2-5(4)8(11)7(3)10/h11,23H,4-9H2,1-3H3,(H,21,22);4,22H,5-9H2,1-3H3,(H,20,21);2-7H,1H3,(H,17,18);3-5H,2H2,1H3;4-5,10H,2H2,1H3/b;10-4+;;;/t;;;;4-,5+/m....0/s1. The lowest BCUT2D eigenvalue weighted by atomic mass is 9.91. The summed E-state index contributed by atoms with van der Waals surface area (Å²) in [5.74, 6) is -0.380. The molecule has 4 atom stereocenters. The third-order valence-corrected chi connectivity index (χ3v) is 19.1. The van der Waals surface area contributed by atoms with Crippen LogP contribution in [0.25, 0.3) is 0 Å². The zero-order valence-corrected chi connectivity index (χ0v) is 54.9. The van der Waals surface area contributed by atoms with Crippen molar-refractivity contribution in [3.05, 3.63) is 149 Å². The minimum absolute atomic E-state index is 0.000982. The summed E-state index contributed by atoms with van der Waals surface area (Å²) < 4.78 is 54.7. The predicted molar refractivity (Wildman–Crippen MR) is 343 cm³/mol. The summed E-state index contributed by atoms with van der Waals surface area (Å²) >= 11 is 1.21. The fourth-order valence-corrected chi connectivity index (χ4v) is 13.1. The van der Waals surface area contributed by atoms with E-state index in [9.17, 15) is 67.1 Å². The number of phenols is 2. The maximum absolute atomic E-state index is 12.4. The number of Topliss-reactive ketones (excluding diaryl/α,β-unsaturated/α-hetero) is 4. The molecule has 6 aromatic rings. The molecule has 1 aliphatic heterocycles. The van der Waals surface area contributed by atoms with Crippen LogP contribution >= 0.6 is 11.8 Å². The maximum Gasteiger partial charge on any atom is 0.416 e. The number of anilines is 1. The Morgan fingerprint density at radius 1 is 0.833 bits per heavy atom. The van der Waals surface area contributed by atoms with Crippen molar-refractivity contribution in [2.24, 2.45) is 35.2 Å². The average molecular weight is 1350 g/mol. The Hall–Kier alpha value is -9.99. The third-order valence-electron chi connectivity index (χ3n) is 17.9. The van der Waals surface area contributed by atoms with Gasteiger partial charge < -0.3 is 59.4 Å². The van der Waals surface area contributed by atoms with Crippen LogP contribution < -0.4 is 14.8 Å². The van der Waals surface area contributed by atoms with Crippen molar-refractivity contribution < 1.29 is 91.1 Å². The van der Waals surface area contributed by atoms with E-state index < -0.39 is 34.5 Å². The number of ether oxygens (including phenoxy) is 2. The minimum Gasteiger partial charge on any atom is -0.507 e. The monoisotopic (exact) mass is 1350 g/mol. The number of aliphatic imine (C=N–C) groups is 1. The number of hydrogen-bond donors (Lipinski definition) is 6. The number of aliphatic carboxylic acids is 2. The Balaban J connectivity index is 0.000000156. The molecule has 0 spiro atoms. The number of aromatic hydroxyl groups is 2. The number of carboxylic acids is 2. The first-order valence-electron chi connectivity index (χ1n) is 30.5. The quantitative estimate of drug-likeness (QED) is 0.0214. The van der Waals surface area contributed by atoms with E-state index in [0.717, 1.165) is 51.9 Å². The van der Waals surface area contributed by atoms with Crippen LogP contribution in [0.5, 0.6) is 23.0 Å². The van der Waals surface area contributed by atoms with Gasteiger partial charge in [0, 0.05) is 85.2 Å². The van der Waals surface area contributed by atoms with Crippen molar-refractivity contribution in [1.29, 1.82) is 0 Å². The number of carboxylic acid groups (broad SMARTS) is 2. The van der Waals surface area contributed by atoms with E-state index in [1.54, 1.807) is 39.0 Å². The highest BCUT2D eigenvalue weighted by molar-refractivity contribution is 7.99. The molecule has 5 aliphatic carbocycles. The lowest BCUT2D eigenvalue weighted by Crippen LogP contribution is -2.20. The van der Waals surface area contributed by atoms with Crippen molar-refractivity contribution in [3.8, 4) is 23.0 Å². The number of halogens is 3. The molecule has 96 heavy (non-hydrogen) atoms. The van der Waals surface area contributed by atoms with E-state index in [1.165, 1.54) is 55.8 Å². The fourth-order valence-electron chi connectivity index (χ4n) is 12.1. The number of aliphatic hydroxyl groups excluding tert-OH is 1. The van der Waals surface area contributed by atoms with E-state index in [0.29, 0.717) is 137 Å². The van der Waals surface area contributed by atoms with Crippen LogP contribution in [0.1, 0.15) is 153 Å². The van der Waals surface area contributed by atoms with E-state index >= 15 is 0 Å². The van der Waals surface area contributed by atoms with Gasteiger partial charge in [-0.1, -0.05) is 18.6 Å². The topological polar surface area (TPSA) is 363 Å². The van der Waals surface area contributed by atoms with E-state index in [1.807, 2.05) is 26.8 Å². The highest BCUT2D eigenvalue weighted by Gasteiger charge is 2.53. The van der Waals surface area contributed by atoms with Crippen molar-refractivity contribution in [2.45, 2.75) is 141 Å². The molecule has 0 radical (unpaired) electrons. The predicted octanol–water partition coefficient (Wildman–Crippen LogP) is 12.5. The van der Waals surface area contributed by atoms with Gasteiger partial charge in [0.2, 0.25) is 12.1 Å². The van der Waals surface area contributed by atoms with Crippen LogP contribution in [-0.2, 0) is 64.5 Å². The van der Waals surface area contributed by atoms with E-state index in [4.69, 9.17) is 29.2 Å². The van der Waals surface area contributed by atoms with Gasteiger partial charge in [-0.2, -0.15) is 13.2 Å². The Morgan fingerprint density at radius 3 is 1.99 bits per heavy atom. The van der Waals surface area contributed by atoms with Gasteiger partial charge in [-0.15, -0.1) is 0 Å². The molecule has 28 heteroatoms. The van der Waals surface area contributed by atoms with Crippen LogP contribution in [0.2, 0.25) is 0 Å². The van der Waals surface area contributed by atoms with Gasteiger partial charge in [0.15, 0.2) is 34.0 Å². The Labute approximate surface area is 552 Å². The molecular weight excluding hydrogens is 1280 g/mol. The summed E-state index contributed by atoms with van der Waals surface area (Å²) in [6.07, 6.45) is 10.2. The number of ketones is 4. The van der Waals surface area contributed by atoms with Crippen LogP contribution in [0.4, 0.5) is 30.5 Å². The highest BCUT2D eigenvalue weighted by Crippen LogP contribution is 2.59. The number of aryl methyl sites for hydroxylation is 2. The number of carbonyl (C=O) groups is 7. The van der Waals surface area contributed by atoms with Crippen molar-refractivity contribution in [3.63, 3.8) is 0 Å². The fraction of sp³-hybridized carbons (Fsp3) is 0.397. The second kappa shape index (κ2) is 29.8. The van der Waals surface area contributed by atoms with Crippen molar-refractivity contribution in [1.82, 2.24) is 19.5 Å². The first-order valence-corrected chi connectivity index (χ1v) is 31.3. The number of allylic oxidation sites excluding steroid dienone is 4. The molecule has 4 heterocycles. The number of fused-ring (bicyclic) bond motifs is 4. The highest BCUT2D eigenvalue weighted by atomic mass is 32.2. The number of aliphatic hydroxyl groups is 1. The summed E-state index contributed by atoms with van der Waals surface area (Å²) in [5, 5.41) is 62.5. The summed E-state index contributed by atoms with van der Waals surface area (Å²) in [7, 11) is 4.85. The summed E-state index contributed by atoms with van der Waals surface area (Å²) in [6.45, 7) is 10.9. The molecule has 3 aromatic heterocycles. The van der Waals surface area contributed by atoms with Gasteiger partial charge in [0.05, 0.1) is 42.7 Å². The van der Waals surface area contributed by atoms with Gasteiger partial charge in [-0.05, 0) is 172 Å². The molecule has 508 valence electrons. The largest absolute Gasteiger partial charge is 0.507 e. The number of alkyl halides is 3. The van der Waals surface area contributed by atoms with Gasteiger partial charge >= 0.3 is 23.9 Å². The molecule has 2 fully saturated rings. The number of hydrogen-bond acceptors (Lipinski definition) is 20. The van der Waals surface area contributed by atoms with E-state index in [2.05, 4.69) is 32.2 Å². The maximum atomic E-state index is 12.4. The summed E-state index contributed by atoms with van der Waals surface area (Å²) in [6, 6.07) is 5.73. The van der Waals surface area contributed by atoms with Crippen molar-refractivity contribution in [2.75, 3.05) is 19.5 Å². The lowest BCUT2D eigenvalue weighted by molar-refractivity contribution is -0.392. The van der Waals surface area contributed by atoms with E-state index in [-0.39, 0.29) is 81.9 Å². The van der Waals surface area contributed by atoms with Crippen LogP contribution in [-0.4, -0.2) is 111 Å². The molecule has 2 unspecified atom stereocenters. The number of nitrogens with one attached hydrogen (secondary N) is 1. The number of phenolic OH excluding ortho intramolecular Hbond substituents is 2. The molecule has 6 aliphatic rings. The molecule has 0 bridgehead atoms. The molecule has 2 saturated carbocycles. The number of nitro groups is 1. The number of amides is 1.